The van der Waals surface area contributed by atoms with Gasteiger partial charge in [-0.05, 0) is 12.1 Å². The molecule has 0 atom stereocenters. The number of hydrogen-bond acceptors (Lipinski definition) is 4. The summed E-state index contributed by atoms with van der Waals surface area (Å²) < 4.78 is 4.91. The van der Waals surface area contributed by atoms with E-state index in [0.29, 0.717) is 29.4 Å². The van der Waals surface area contributed by atoms with Crippen LogP contribution in [0.3, 0.4) is 0 Å². The molecule has 0 saturated carbocycles. The Hall–Kier alpha value is -1.30. The van der Waals surface area contributed by atoms with Gasteiger partial charge in [0.25, 0.3) is 5.91 Å². The van der Waals surface area contributed by atoms with E-state index in [4.69, 9.17) is 22.1 Å². The molecule has 0 radical (unpaired) electrons. The summed E-state index contributed by atoms with van der Waals surface area (Å²) in [4.78, 5) is 11.3. The third-order valence-corrected chi connectivity index (χ3v) is 2.68. The third-order valence-electron chi connectivity index (χ3n) is 2.36. The Balaban J connectivity index is 2.47. The fourth-order valence-electron chi connectivity index (χ4n) is 1.51. The van der Waals surface area contributed by atoms with Crippen molar-refractivity contribution in [3.63, 3.8) is 0 Å². The summed E-state index contributed by atoms with van der Waals surface area (Å²) >= 11 is 5.93. The van der Waals surface area contributed by atoms with Crippen LogP contribution >= 0.6 is 11.6 Å². The normalized spacial score (nSPS) is 10.3. The van der Waals surface area contributed by atoms with Crippen LogP contribution < -0.4 is 16.4 Å². The van der Waals surface area contributed by atoms with Gasteiger partial charge < -0.3 is 21.1 Å². The Morgan fingerprint density at radius 1 is 1.39 bits per heavy atom. The van der Waals surface area contributed by atoms with Crippen LogP contribution in [-0.4, -0.2) is 39.3 Å². The average Bonchev–Trinajstić information content (AvgIpc) is 2.33. The van der Waals surface area contributed by atoms with Crippen LogP contribution in [0.15, 0.2) is 18.2 Å². The van der Waals surface area contributed by atoms with E-state index in [-0.39, 0.29) is 0 Å². The highest BCUT2D eigenvalue weighted by Crippen LogP contribution is 2.23. The maximum absolute atomic E-state index is 11.3. The molecule has 0 aromatic heterocycles. The number of amides is 1. The molecule has 1 aromatic rings. The summed E-state index contributed by atoms with van der Waals surface area (Å²) in [6.45, 7) is 2.89. The van der Waals surface area contributed by atoms with Crippen molar-refractivity contribution in [3.8, 4) is 0 Å². The molecule has 0 heterocycles. The highest BCUT2D eigenvalue weighted by Gasteiger charge is 2.11. The van der Waals surface area contributed by atoms with E-state index in [1.54, 1.807) is 25.3 Å². The summed E-state index contributed by atoms with van der Waals surface area (Å²) in [6.07, 6.45) is 0. The Labute approximate surface area is 112 Å². The number of primary amides is 1. The molecule has 4 N–H and O–H groups in total. The lowest BCUT2D eigenvalue weighted by molar-refractivity contribution is 0.100. The monoisotopic (exact) mass is 271 g/mol. The molecule has 0 bridgehead atoms. The van der Waals surface area contributed by atoms with Crippen molar-refractivity contribution >= 4 is 23.2 Å². The second-order valence-electron chi connectivity index (χ2n) is 3.70. The van der Waals surface area contributed by atoms with Crippen molar-refractivity contribution in [2.24, 2.45) is 5.73 Å². The molecule has 0 aliphatic rings. The Morgan fingerprint density at radius 2 is 2.17 bits per heavy atom. The quantitative estimate of drug-likeness (QED) is 0.619. The number of carbonyl (C=O) groups excluding carboxylic acids is 1. The zero-order valence-electron chi connectivity index (χ0n) is 10.3. The predicted molar refractivity (Wildman–Crippen MR) is 73.2 cm³/mol. The Morgan fingerprint density at radius 3 is 2.83 bits per heavy atom. The van der Waals surface area contributed by atoms with Crippen molar-refractivity contribution in [1.29, 1.82) is 0 Å². The summed E-state index contributed by atoms with van der Waals surface area (Å²) in [6, 6.07) is 5.19. The first-order valence-corrected chi connectivity index (χ1v) is 6.06. The largest absolute Gasteiger partial charge is 0.383 e. The number of halogens is 1. The van der Waals surface area contributed by atoms with Crippen molar-refractivity contribution in [1.82, 2.24) is 5.32 Å². The zero-order chi connectivity index (χ0) is 13.4. The zero-order valence-corrected chi connectivity index (χ0v) is 11.1. The number of rotatable bonds is 8. The number of anilines is 1. The fourth-order valence-corrected chi connectivity index (χ4v) is 1.77. The van der Waals surface area contributed by atoms with E-state index in [9.17, 15) is 4.79 Å². The van der Waals surface area contributed by atoms with E-state index in [1.165, 1.54) is 0 Å². The average molecular weight is 272 g/mol. The highest BCUT2D eigenvalue weighted by molar-refractivity contribution is 6.34. The number of nitrogens with two attached hydrogens (primary N) is 1. The van der Waals surface area contributed by atoms with Gasteiger partial charge in [0.15, 0.2) is 0 Å². The van der Waals surface area contributed by atoms with Crippen LogP contribution in [0.2, 0.25) is 5.02 Å². The van der Waals surface area contributed by atoms with E-state index in [2.05, 4.69) is 10.6 Å². The second-order valence-corrected chi connectivity index (χ2v) is 4.10. The van der Waals surface area contributed by atoms with E-state index in [0.717, 1.165) is 13.1 Å². The molecule has 1 amide bonds. The maximum Gasteiger partial charge on any atom is 0.252 e. The number of benzene rings is 1. The Kier molecular flexibility index (Phi) is 6.49. The van der Waals surface area contributed by atoms with Gasteiger partial charge in [-0.1, -0.05) is 17.7 Å². The lowest BCUT2D eigenvalue weighted by atomic mass is 10.1. The molecule has 0 fully saturated rings. The lowest BCUT2D eigenvalue weighted by Gasteiger charge is -2.11. The van der Waals surface area contributed by atoms with E-state index < -0.39 is 5.91 Å². The highest BCUT2D eigenvalue weighted by atomic mass is 35.5. The summed E-state index contributed by atoms with van der Waals surface area (Å²) in [5.41, 5.74) is 6.28. The summed E-state index contributed by atoms with van der Waals surface area (Å²) in [5, 5.41) is 6.67. The van der Waals surface area contributed by atoms with Crippen LogP contribution in [0.1, 0.15) is 10.4 Å². The summed E-state index contributed by atoms with van der Waals surface area (Å²) in [5.74, 6) is -0.532. The molecule has 5 nitrogen and oxygen atoms in total. The molecular weight excluding hydrogens is 254 g/mol. The van der Waals surface area contributed by atoms with Crippen molar-refractivity contribution < 1.29 is 9.53 Å². The standard InChI is InChI=1S/C12H18ClN3O2/c1-18-8-7-15-5-6-16-10-4-2-3-9(13)11(10)12(14)17/h2-4,15-16H,5-8H2,1H3,(H2,14,17). The van der Waals surface area contributed by atoms with Gasteiger partial charge in [-0.3, -0.25) is 4.79 Å². The van der Waals surface area contributed by atoms with Gasteiger partial charge in [0.05, 0.1) is 17.2 Å². The van der Waals surface area contributed by atoms with Gasteiger partial charge >= 0.3 is 0 Å². The second kappa shape index (κ2) is 7.92. The van der Waals surface area contributed by atoms with Crippen LogP contribution in [0.4, 0.5) is 5.69 Å². The van der Waals surface area contributed by atoms with Gasteiger partial charge in [0, 0.05) is 32.4 Å². The van der Waals surface area contributed by atoms with Crippen molar-refractivity contribution in [2.45, 2.75) is 0 Å². The molecule has 1 aromatic carbocycles. The van der Waals surface area contributed by atoms with Gasteiger partial charge in [-0.15, -0.1) is 0 Å². The minimum absolute atomic E-state index is 0.330. The van der Waals surface area contributed by atoms with Crippen molar-refractivity contribution in [2.75, 3.05) is 38.7 Å². The van der Waals surface area contributed by atoms with Gasteiger partial charge in [-0.2, -0.15) is 0 Å². The maximum atomic E-state index is 11.3. The molecule has 100 valence electrons. The van der Waals surface area contributed by atoms with Gasteiger partial charge in [0.1, 0.15) is 0 Å². The Bertz CT molecular complexity index is 399. The van der Waals surface area contributed by atoms with Gasteiger partial charge in [0.2, 0.25) is 0 Å². The lowest BCUT2D eigenvalue weighted by Crippen LogP contribution is -2.26. The molecule has 0 saturated heterocycles. The third kappa shape index (κ3) is 4.52. The van der Waals surface area contributed by atoms with Gasteiger partial charge in [-0.25, -0.2) is 0 Å². The minimum Gasteiger partial charge on any atom is -0.383 e. The first-order chi connectivity index (χ1) is 8.66. The molecule has 0 spiro atoms. The van der Waals surface area contributed by atoms with E-state index >= 15 is 0 Å². The number of ether oxygens (including phenoxy) is 1. The van der Waals surface area contributed by atoms with Crippen LogP contribution in [0.25, 0.3) is 0 Å². The van der Waals surface area contributed by atoms with Crippen LogP contribution in [0.5, 0.6) is 0 Å². The SMILES string of the molecule is COCCNCCNc1cccc(Cl)c1C(N)=O. The van der Waals surface area contributed by atoms with Crippen molar-refractivity contribution in [3.05, 3.63) is 28.8 Å². The number of carbonyl (C=O) groups is 1. The molecule has 1 rings (SSSR count). The van der Waals surface area contributed by atoms with E-state index in [1.807, 2.05) is 0 Å². The molecular formula is C12H18ClN3O2. The van der Waals surface area contributed by atoms with Crippen LogP contribution in [-0.2, 0) is 4.74 Å². The van der Waals surface area contributed by atoms with Crippen LogP contribution in [0, 0.1) is 0 Å². The molecule has 0 aliphatic heterocycles. The topological polar surface area (TPSA) is 76.4 Å². The smallest absolute Gasteiger partial charge is 0.252 e. The number of hydrogen-bond donors (Lipinski definition) is 3. The molecule has 18 heavy (non-hydrogen) atoms. The summed E-state index contributed by atoms with van der Waals surface area (Å²) in [7, 11) is 1.66. The predicted octanol–water partition coefficient (Wildman–Crippen LogP) is 1.09. The fraction of sp³-hybridized carbons (Fsp3) is 0.417. The molecule has 0 unspecified atom stereocenters. The number of methoxy groups -OCH3 is 1. The number of nitrogens with one attached hydrogen (secondary N) is 2. The first kappa shape index (κ1) is 14.8. The molecule has 0 aliphatic carbocycles. The minimum atomic E-state index is -0.532. The molecule has 6 heteroatoms. The first-order valence-electron chi connectivity index (χ1n) is 5.68.